The zero-order valence-corrected chi connectivity index (χ0v) is 11.9. The first-order valence-electron chi connectivity index (χ1n) is 6.69. The van der Waals surface area contributed by atoms with Crippen molar-refractivity contribution < 1.29 is 14.7 Å². The second-order valence-electron chi connectivity index (χ2n) is 4.88. The van der Waals surface area contributed by atoms with Crippen LogP contribution in [-0.2, 0) is 4.79 Å². The molecule has 0 aromatic rings. The summed E-state index contributed by atoms with van der Waals surface area (Å²) in [4.78, 5) is 24.5. The third kappa shape index (κ3) is 6.47. The van der Waals surface area contributed by atoms with Crippen molar-refractivity contribution >= 4 is 12.0 Å². The summed E-state index contributed by atoms with van der Waals surface area (Å²) >= 11 is 0. The molecule has 0 spiro atoms. The van der Waals surface area contributed by atoms with Gasteiger partial charge in [-0.2, -0.15) is 0 Å². The molecule has 1 unspecified atom stereocenters. The monoisotopic (exact) mass is 258 g/mol. The Morgan fingerprint density at radius 1 is 1.17 bits per heavy atom. The number of nitrogens with zero attached hydrogens (tertiary/aromatic N) is 1. The quantitative estimate of drug-likeness (QED) is 0.702. The number of amides is 2. The number of carbonyl (C=O) groups is 2. The first kappa shape index (κ1) is 16.7. The van der Waals surface area contributed by atoms with Crippen LogP contribution >= 0.6 is 0 Å². The second kappa shape index (κ2) is 8.78. The highest BCUT2D eigenvalue weighted by Gasteiger charge is 2.21. The molecular formula is C13H26N2O3. The number of carboxylic acid groups (broad SMARTS) is 1. The van der Waals surface area contributed by atoms with E-state index in [1.54, 1.807) is 4.90 Å². The SMILES string of the molecule is CCCN(CCC)C(=O)NC(CC(=O)O)C(C)C. The zero-order valence-electron chi connectivity index (χ0n) is 11.9. The maximum Gasteiger partial charge on any atom is 0.317 e. The molecule has 0 aromatic heterocycles. The van der Waals surface area contributed by atoms with E-state index in [4.69, 9.17) is 5.11 Å². The van der Waals surface area contributed by atoms with E-state index in [-0.39, 0.29) is 24.4 Å². The summed E-state index contributed by atoms with van der Waals surface area (Å²) in [6.07, 6.45) is 1.77. The molecule has 0 aliphatic heterocycles. The molecule has 5 nitrogen and oxygen atoms in total. The Balaban J connectivity index is 4.49. The number of carbonyl (C=O) groups excluding carboxylic acids is 1. The Hall–Kier alpha value is -1.26. The number of rotatable bonds is 8. The molecule has 0 aliphatic rings. The van der Waals surface area contributed by atoms with E-state index in [9.17, 15) is 9.59 Å². The van der Waals surface area contributed by atoms with E-state index in [2.05, 4.69) is 5.32 Å². The van der Waals surface area contributed by atoms with Crippen LogP contribution in [0.3, 0.4) is 0 Å². The minimum Gasteiger partial charge on any atom is -0.481 e. The average Bonchev–Trinajstić information content (AvgIpc) is 2.27. The van der Waals surface area contributed by atoms with Crippen LogP contribution < -0.4 is 5.32 Å². The minimum atomic E-state index is -0.883. The Bertz CT molecular complexity index is 261. The molecule has 0 aromatic carbocycles. The van der Waals surface area contributed by atoms with Crippen LogP contribution in [0.4, 0.5) is 4.79 Å². The third-order valence-electron chi connectivity index (χ3n) is 2.78. The number of carboxylic acids is 1. The Labute approximate surface area is 110 Å². The molecule has 5 heteroatoms. The van der Waals surface area contributed by atoms with E-state index in [0.29, 0.717) is 13.1 Å². The molecule has 1 atom stereocenters. The van der Waals surface area contributed by atoms with Crippen molar-refractivity contribution in [2.45, 2.75) is 53.0 Å². The standard InChI is InChI=1S/C13H26N2O3/c1-5-7-15(8-6-2)13(18)14-11(10(3)4)9-12(16)17/h10-11H,5-9H2,1-4H3,(H,14,18)(H,16,17). The fourth-order valence-corrected chi connectivity index (χ4v) is 1.75. The molecule has 0 heterocycles. The normalized spacial score (nSPS) is 12.3. The van der Waals surface area contributed by atoms with Gasteiger partial charge in [-0.05, 0) is 18.8 Å². The number of hydrogen-bond acceptors (Lipinski definition) is 2. The summed E-state index contributed by atoms with van der Waals surface area (Å²) in [6, 6.07) is -0.468. The number of urea groups is 1. The van der Waals surface area contributed by atoms with Crippen molar-refractivity contribution in [1.82, 2.24) is 10.2 Å². The van der Waals surface area contributed by atoms with Gasteiger partial charge in [0.25, 0.3) is 0 Å². The highest BCUT2D eigenvalue weighted by Crippen LogP contribution is 2.07. The summed E-state index contributed by atoms with van der Waals surface area (Å²) in [7, 11) is 0. The lowest BCUT2D eigenvalue weighted by atomic mass is 10.0. The predicted octanol–water partition coefficient (Wildman–Crippen LogP) is 2.32. The minimum absolute atomic E-state index is 0.0322. The van der Waals surface area contributed by atoms with Crippen molar-refractivity contribution in [2.24, 2.45) is 5.92 Å². The van der Waals surface area contributed by atoms with Gasteiger partial charge in [-0.3, -0.25) is 4.79 Å². The zero-order chi connectivity index (χ0) is 14.1. The summed E-state index contributed by atoms with van der Waals surface area (Å²) in [5.74, 6) is -0.776. The first-order valence-corrected chi connectivity index (χ1v) is 6.69. The lowest BCUT2D eigenvalue weighted by Gasteiger charge is -2.27. The average molecular weight is 258 g/mol. The smallest absolute Gasteiger partial charge is 0.317 e. The largest absolute Gasteiger partial charge is 0.481 e. The van der Waals surface area contributed by atoms with Gasteiger partial charge in [-0.25, -0.2) is 4.79 Å². The van der Waals surface area contributed by atoms with Crippen LogP contribution in [0.1, 0.15) is 47.0 Å². The second-order valence-corrected chi connectivity index (χ2v) is 4.88. The van der Waals surface area contributed by atoms with Gasteiger partial charge in [-0.1, -0.05) is 27.7 Å². The van der Waals surface area contributed by atoms with Crippen LogP contribution in [0.25, 0.3) is 0 Å². The highest BCUT2D eigenvalue weighted by molar-refractivity contribution is 5.76. The summed E-state index contributed by atoms with van der Waals surface area (Å²) in [5.41, 5.74) is 0. The molecular weight excluding hydrogens is 232 g/mol. The third-order valence-corrected chi connectivity index (χ3v) is 2.78. The summed E-state index contributed by atoms with van der Waals surface area (Å²) in [6.45, 7) is 9.28. The number of nitrogens with one attached hydrogen (secondary N) is 1. The van der Waals surface area contributed by atoms with Gasteiger partial charge in [-0.15, -0.1) is 0 Å². The van der Waals surface area contributed by atoms with E-state index in [0.717, 1.165) is 12.8 Å². The molecule has 0 aliphatic carbocycles. The van der Waals surface area contributed by atoms with Gasteiger partial charge in [0, 0.05) is 19.1 Å². The van der Waals surface area contributed by atoms with Crippen LogP contribution in [-0.4, -0.2) is 41.1 Å². The maximum atomic E-state index is 12.0. The van der Waals surface area contributed by atoms with Crippen LogP contribution in [0.15, 0.2) is 0 Å². The highest BCUT2D eigenvalue weighted by atomic mass is 16.4. The fourth-order valence-electron chi connectivity index (χ4n) is 1.75. The van der Waals surface area contributed by atoms with Crippen molar-refractivity contribution in [1.29, 1.82) is 0 Å². The maximum absolute atomic E-state index is 12.0. The van der Waals surface area contributed by atoms with Gasteiger partial charge in [0.15, 0.2) is 0 Å². The van der Waals surface area contributed by atoms with Gasteiger partial charge in [0.1, 0.15) is 0 Å². The molecule has 0 bridgehead atoms. The van der Waals surface area contributed by atoms with Crippen molar-refractivity contribution in [3.63, 3.8) is 0 Å². The number of aliphatic carboxylic acids is 1. The molecule has 18 heavy (non-hydrogen) atoms. The van der Waals surface area contributed by atoms with E-state index < -0.39 is 5.97 Å². The lowest BCUT2D eigenvalue weighted by Crippen LogP contribution is -2.48. The van der Waals surface area contributed by atoms with E-state index in [1.165, 1.54) is 0 Å². The Morgan fingerprint density at radius 3 is 2.00 bits per heavy atom. The first-order chi connectivity index (χ1) is 8.42. The molecule has 106 valence electrons. The fraction of sp³-hybridized carbons (Fsp3) is 0.846. The van der Waals surface area contributed by atoms with Gasteiger partial charge < -0.3 is 15.3 Å². The van der Waals surface area contributed by atoms with Gasteiger partial charge in [0.2, 0.25) is 0 Å². The molecule has 2 N–H and O–H groups in total. The molecule has 0 saturated heterocycles. The van der Waals surface area contributed by atoms with Crippen LogP contribution in [0.5, 0.6) is 0 Å². The molecule has 0 saturated carbocycles. The topological polar surface area (TPSA) is 69.6 Å². The van der Waals surface area contributed by atoms with E-state index in [1.807, 2.05) is 27.7 Å². The van der Waals surface area contributed by atoms with Crippen LogP contribution in [0, 0.1) is 5.92 Å². The molecule has 2 amide bonds. The van der Waals surface area contributed by atoms with Crippen LogP contribution in [0.2, 0.25) is 0 Å². The lowest BCUT2D eigenvalue weighted by molar-refractivity contribution is -0.137. The molecule has 0 fully saturated rings. The van der Waals surface area contributed by atoms with Gasteiger partial charge >= 0.3 is 12.0 Å². The predicted molar refractivity (Wildman–Crippen MR) is 71.6 cm³/mol. The van der Waals surface area contributed by atoms with Crippen molar-refractivity contribution in [3.05, 3.63) is 0 Å². The van der Waals surface area contributed by atoms with Gasteiger partial charge in [0.05, 0.1) is 6.42 Å². The van der Waals surface area contributed by atoms with Crippen molar-refractivity contribution in [2.75, 3.05) is 13.1 Å². The summed E-state index contributed by atoms with van der Waals surface area (Å²) < 4.78 is 0. The van der Waals surface area contributed by atoms with E-state index >= 15 is 0 Å². The molecule has 0 rings (SSSR count). The Morgan fingerprint density at radius 2 is 1.67 bits per heavy atom. The molecule has 0 radical (unpaired) electrons. The summed E-state index contributed by atoms with van der Waals surface area (Å²) in [5, 5.41) is 11.6. The Kier molecular flexibility index (Phi) is 8.16. The number of hydrogen-bond donors (Lipinski definition) is 2. The van der Waals surface area contributed by atoms with Crippen molar-refractivity contribution in [3.8, 4) is 0 Å².